The number of hydrogen-bond acceptors (Lipinski definition) is 3. The number of benzene rings is 1. The molecule has 1 atom stereocenters. The summed E-state index contributed by atoms with van der Waals surface area (Å²) in [5, 5.41) is 8.81. The Labute approximate surface area is 120 Å². The van der Waals surface area contributed by atoms with Gasteiger partial charge in [0.05, 0.1) is 16.1 Å². The molecular formula is C11H12Cl2FNO3S. The lowest BCUT2D eigenvalue weighted by molar-refractivity contribution is 0.155. The van der Waals surface area contributed by atoms with Crippen molar-refractivity contribution in [2.75, 3.05) is 6.54 Å². The molecule has 106 valence electrons. The molecule has 1 fully saturated rings. The summed E-state index contributed by atoms with van der Waals surface area (Å²) in [4.78, 5) is -0.390. The van der Waals surface area contributed by atoms with Gasteiger partial charge in [-0.3, -0.25) is 0 Å². The second kappa shape index (κ2) is 5.54. The SMILES string of the molecule is O=S(=O)(NCC(O)C1CC1)c1ccc(Cl)c(F)c1Cl. The van der Waals surface area contributed by atoms with E-state index in [4.69, 9.17) is 23.2 Å². The highest BCUT2D eigenvalue weighted by Crippen LogP contribution is 2.33. The molecule has 1 unspecified atom stereocenters. The maximum atomic E-state index is 13.5. The van der Waals surface area contributed by atoms with Gasteiger partial charge in [0.15, 0.2) is 5.82 Å². The predicted octanol–water partition coefficient (Wildman–Crippen LogP) is 2.18. The Kier molecular flexibility index (Phi) is 4.37. The quantitative estimate of drug-likeness (QED) is 0.814. The minimum absolute atomic E-state index is 0.117. The molecule has 1 aromatic rings. The van der Waals surface area contributed by atoms with Gasteiger partial charge in [0.1, 0.15) is 4.90 Å². The van der Waals surface area contributed by atoms with Crippen molar-refractivity contribution in [3.8, 4) is 0 Å². The number of aliphatic hydroxyl groups excluding tert-OH is 1. The first-order chi connectivity index (χ1) is 8.83. The van der Waals surface area contributed by atoms with E-state index in [2.05, 4.69) is 4.72 Å². The number of rotatable bonds is 5. The second-order valence-corrected chi connectivity index (χ2v) is 6.95. The zero-order valence-corrected chi connectivity index (χ0v) is 12.1. The van der Waals surface area contributed by atoms with E-state index in [1.54, 1.807) is 0 Å². The van der Waals surface area contributed by atoms with Crippen LogP contribution in [0.1, 0.15) is 12.8 Å². The molecule has 8 heteroatoms. The van der Waals surface area contributed by atoms with Crippen LogP contribution >= 0.6 is 23.2 Å². The predicted molar refractivity (Wildman–Crippen MR) is 70.3 cm³/mol. The van der Waals surface area contributed by atoms with Gasteiger partial charge in [-0.05, 0) is 30.9 Å². The smallest absolute Gasteiger partial charge is 0.242 e. The minimum atomic E-state index is -3.97. The summed E-state index contributed by atoms with van der Waals surface area (Å²) in [5.74, 6) is -0.839. The van der Waals surface area contributed by atoms with Crippen molar-refractivity contribution in [2.45, 2.75) is 23.8 Å². The molecule has 0 radical (unpaired) electrons. The van der Waals surface area contributed by atoms with Gasteiger partial charge in [0.2, 0.25) is 10.0 Å². The van der Waals surface area contributed by atoms with Crippen molar-refractivity contribution in [2.24, 2.45) is 5.92 Å². The first-order valence-corrected chi connectivity index (χ1v) is 7.88. The lowest BCUT2D eigenvalue weighted by Gasteiger charge is -2.12. The first-order valence-electron chi connectivity index (χ1n) is 5.64. The average molecular weight is 328 g/mol. The van der Waals surface area contributed by atoms with Gasteiger partial charge in [0.25, 0.3) is 0 Å². The zero-order valence-electron chi connectivity index (χ0n) is 9.74. The van der Waals surface area contributed by atoms with E-state index < -0.39 is 27.0 Å². The number of sulfonamides is 1. The third kappa shape index (κ3) is 3.38. The Morgan fingerprint density at radius 3 is 2.63 bits per heavy atom. The molecule has 19 heavy (non-hydrogen) atoms. The molecule has 0 aromatic heterocycles. The fourth-order valence-electron chi connectivity index (χ4n) is 1.64. The molecule has 0 saturated heterocycles. The Balaban J connectivity index is 2.17. The fraction of sp³-hybridized carbons (Fsp3) is 0.455. The lowest BCUT2D eigenvalue weighted by Crippen LogP contribution is -2.33. The van der Waals surface area contributed by atoms with Crippen LogP contribution in [0.2, 0.25) is 10.0 Å². The van der Waals surface area contributed by atoms with Crippen molar-refractivity contribution < 1.29 is 17.9 Å². The van der Waals surface area contributed by atoms with Crippen LogP contribution in [0, 0.1) is 11.7 Å². The van der Waals surface area contributed by atoms with Gasteiger partial charge >= 0.3 is 0 Å². The number of hydrogen-bond donors (Lipinski definition) is 2. The van der Waals surface area contributed by atoms with Crippen molar-refractivity contribution in [3.63, 3.8) is 0 Å². The lowest BCUT2D eigenvalue weighted by atomic mass is 10.2. The van der Waals surface area contributed by atoms with E-state index in [1.165, 1.54) is 0 Å². The molecule has 0 aliphatic heterocycles. The highest BCUT2D eigenvalue weighted by molar-refractivity contribution is 7.89. The van der Waals surface area contributed by atoms with Crippen LogP contribution in [0.25, 0.3) is 0 Å². The summed E-state index contributed by atoms with van der Waals surface area (Å²) < 4.78 is 39.6. The molecular weight excluding hydrogens is 316 g/mol. The Hall–Kier alpha value is -0.400. The topological polar surface area (TPSA) is 66.4 Å². The van der Waals surface area contributed by atoms with Gasteiger partial charge in [-0.15, -0.1) is 0 Å². The van der Waals surface area contributed by atoms with Gasteiger partial charge in [-0.2, -0.15) is 0 Å². The maximum absolute atomic E-state index is 13.5. The normalized spacial score (nSPS) is 17.5. The largest absolute Gasteiger partial charge is 0.391 e. The van der Waals surface area contributed by atoms with E-state index in [0.717, 1.165) is 25.0 Å². The number of nitrogens with one attached hydrogen (secondary N) is 1. The molecule has 1 aliphatic rings. The van der Waals surface area contributed by atoms with Crippen molar-refractivity contribution in [3.05, 3.63) is 28.0 Å². The highest BCUT2D eigenvalue weighted by Gasteiger charge is 2.31. The van der Waals surface area contributed by atoms with Crippen LogP contribution in [0.5, 0.6) is 0 Å². The summed E-state index contributed by atoms with van der Waals surface area (Å²) in [5.41, 5.74) is 0. The molecule has 0 bridgehead atoms. The van der Waals surface area contributed by atoms with Crippen LogP contribution in [0.4, 0.5) is 4.39 Å². The van der Waals surface area contributed by atoms with E-state index in [9.17, 15) is 17.9 Å². The maximum Gasteiger partial charge on any atom is 0.242 e. The van der Waals surface area contributed by atoms with Crippen LogP contribution in [-0.4, -0.2) is 26.2 Å². The van der Waals surface area contributed by atoms with E-state index in [0.29, 0.717) is 0 Å². The summed E-state index contributed by atoms with van der Waals surface area (Å²) in [6, 6.07) is 2.24. The molecule has 4 nitrogen and oxygen atoms in total. The molecule has 1 aliphatic carbocycles. The summed E-state index contributed by atoms with van der Waals surface area (Å²) >= 11 is 11.1. The van der Waals surface area contributed by atoms with Crippen molar-refractivity contribution in [1.82, 2.24) is 4.72 Å². The minimum Gasteiger partial charge on any atom is -0.391 e. The van der Waals surface area contributed by atoms with Crippen LogP contribution in [-0.2, 0) is 10.0 Å². The Bertz CT molecular complexity index is 590. The van der Waals surface area contributed by atoms with Gasteiger partial charge in [-0.25, -0.2) is 17.5 Å². The summed E-state index contributed by atoms with van der Waals surface area (Å²) in [6.07, 6.45) is 1.05. The summed E-state index contributed by atoms with van der Waals surface area (Å²) in [6.45, 7) is -0.117. The average Bonchev–Trinajstić information content (AvgIpc) is 3.17. The third-order valence-electron chi connectivity index (χ3n) is 2.94. The second-order valence-electron chi connectivity index (χ2n) is 4.43. The molecule has 1 aromatic carbocycles. The standard InChI is InChI=1S/C11H12Cl2FNO3S/c12-7-3-4-9(10(13)11(7)14)19(17,18)15-5-8(16)6-1-2-6/h3-4,6,8,15-16H,1-2,5H2. The van der Waals surface area contributed by atoms with Crippen LogP contribution < -0.4 is 4.72 Å². The van der Waals surface area contributed by atoms with E-state index in [1.807, 2.05) is 0 Å². The molecule has 1 saturated carbocycles. The number of halogens is 3. The van der Waals surface area contributed by atoms with Gasteiger partial charge < -0.3 is 5.11 Å². The molecule has 2 rings (SSSR count). The molecule has 0 amide bonds. The zero-order chi connectivity index (χ0) is 14.2. The Morgan fingerprint density at radius 1 is 1.42 bits per heavy atom. The number of aliphatic hydroxyl groups is 1. The molecule has 2 N–H and O–H groups in total. The highest BCUT2D eigenvalue weighted by atomic mass is 35.5. The van der Waals surface area contributed by atoms with Crippen LogP contribution in [0.3, 0.4) is 0 Å². The van der Waals surface area contributed by atoms with Gasteiger partial charge in [0, 0.05) is 6.54 Å². The van der Waals surface area contributed by atoms with E-state index >= 15 is 0 Å². The first kappa shape index (κ1) is 15.0. The third-order valence-corrected chi connectivity index (χ3v) is 5.18. The molecule has 0 heterocycles. The monoisotopic (exact) mass is 327 g/mol. The fourth-order valence-corrected chi connectivity index (χ4v) is 3.43. The molecule has 0 spiro atoms. The van der Waals surface area contributed by atoms with Crippen molar-refractivity contribution in [1.29, 1.82) is 0 Å². The van der Waals surface area contributed by atoms with E-state index in [-0.39, 0.29) is 22.4 Å². The van der Waals surface area contributed by atoms with Crippen molar-refractivity contribution >= 4 is 33.2 Å². The summed E-state index contributed by atoms with van der Waals surface area (Å²) in [7, 11) is -3.97. The Morgan fingerprint density at radius 2 is 2.05 bits per heavy atom. The van der Waals surface area contributed by atoms with Gasteiger partial charge in [-0.1, -0.05) is 23.2 Å². The van der Waals surface area contributed by atoms with Crippen LogP contribution in [0.15, 0.2) is 17.0 Å².